The third-order valence-electron chi connectivity index (χ3n) is 3.32. The van der Waals surface area contributed by atoms with E-state index in [9.17, 15) is 4.39 Å². The second-order valence-corrected chi connectivity index (χ2v) is 5.86. The Labute approximate surface area is 135 Å². The molecule has 0 bridgehead atoms. The topological polar surface area (TPSA) is 12.0 Å². The molecule has 0 saturated carbocycles. The van der Waals surface area contributed by atoms with E-state index in [1.54, 1.807) is 12.1 Å². The average molecular weight is 326 g/mol. The van der Waals surface area contributed by atoms with E-state index in [4.69, 9.17) is 23.2 Å². The Morgan fingerprint density at radius 2 is 1.95 bits per heavy atom. The molecule has 2 rings (SSSR count). The number of halogens is 3. The van der Waals surface area contributed by atoms with Crippen molar-refractivity contribution in [1.29, 1.82) is 0 Å². The number of hydrogen-bond acceptors (Lipinski definition) is 1. The average Bonchev–Trinajstić information content (AvgIpc) is 2.47. The van der Waals surface area contributed by atoms with E-state index in [1.807, 2.05) is 24.3 Å². The summed E-state index contributed by atoms with van der Waals surface area (Å²) >= 11 is 11.9. The van der Waals surface area contributed by atoms with Gasteiger partial charge in [0.25, 0.3) is 0 Å². The van der Waals surface area contributed by atoms with Gasteiger partial charge in [0.1, 0.15) is 5.82 Å². The number of rotatable bonds is 6. The van der Waals surface area contributed by atoms with Crippen LogP contribution in [0.2, 0.25) is 10.0 Å². The summed E-state index contributed by atoms with van der Waals surface area (Å²) in [5, 5.41) is 4.38. The molecule has 2 aromatic carbocycles. The predicted octanol–water partition coefficient (Wildman–Crippen LogP) is 5.42. The van der Waals surface area contributed by atoms with E-state index in [0.29, 0.717) is 5.02 Å². The van der Waals surface area contributed by atoms with Crippen molar-refractivity contribution in [2.75, 3.05) is 6.54 Å². The highest BCUT2D eigenvalue weighted by Crippen LogP contribution is 2.24. The lowest BCUT2D eigenvalue weighted by molar-refractivity contribution is 0.528. The van der Waals surface area contributed by atoms with Crippen LogP contribution in [0.25, 0.3) is 0 Å². The maximum Gasteiger partial charge on any atom is 0.141 e. The fraction of sp³-hybridized carbons (Fsp3) is 0.294. The monoisotopic (exact) mass is 325 g/mol. The van der Waals surface area contributed by atoms with Gasteiger partial charge in [0.05, 0.1) is 5.02 Å². The summed E-state index contributed by atoms with van der Waals surface area (Å²) in [7, 11) is 0. The normalized spacial score (nSPS) is 12.4. The third-order valence-corrected chi connectivity index (χ3v) is 3.84. The fourth-order valence-corrected chi connectivity index (χ4v) is 2.65. The summed E-state index contributed by atoms with van der Waals surface area (Å²) in [6.07, 6.45) is 1.78. The van der Waals surface area contributed by atoms with Gasteiger partial charge in [-0.15, -0.1) is 0 Å². The molecule has 21 heavy (non-hydrogen) atoms. The Kier molecular flexibility index (Phi) is 6.04. The van der Waals surface area contributed by atoms with Crippen molar-refractivity contribution in [2.24, 2.45) is 0 Å². The van der Waals surface area contributed by atoms with Gasteiger partial charge >= 0.3 is 0 Å². The quantitative estimate of drug-likeness (QED) is 0.748. The maximum absolute atomic E-state index is 13.2. The van der Waals surface area contributed by atoms with Gasteiger partial charge in [-0.05, 0) is 54.8 Å². The Hall–Kier alpha value is -1.09. The zero-order valence-electron chi connectivity index (χ0n) is 11.9. The van der Waals surface area contributed by atoms with E-state index in [1.165, 1.54) is 6.07 Å². The zero-order chi connectivity index (χ0) is 15.2. The van der Waals surface area contributed by atoms with Crippen molar-refractivity contribution in [3.8, 4) is 0 Å². The minimum absolute atomic E-state index is 0.130. The highest BCUT2D eigenvalue weighted by molar-refractivity contribution is 6.31. The summed E-state index contributed by atoms with van der Waals surface area (Å²) in [6, 6.07) is 12.8. The van der Waals surface area contributed by atoms with Crippen LogP contribution in [0.4, 0.5) is 4.39 Å². The van der Waals surface area contributed by atoms with Crippen molar-refractivity contribution in [2.45, 2.75) is 25.8 Å². The molecule has 0 heterocycles. The van der Waals surface area contributed by atoms with E-state index in [0.717, 1.165) is 30.5 Å². The van der Waals surface area contributed by atoms with Crippen LogP contribution in [-0.2, 0) is 6.42 Å². The van der Waals surface area contributed by atoms with Gasteiger partial charge in [-0.1, -0.05) is 48.3 Å². The molecule has 0 aromatic heterocycles. The second-order valence-electron chi connectivity index (χ2n) is 5.01. The van der Waals surface area contributed by atoms with Crippen LogP contribution >= 0.6 is 23.2 Å². The molecule has 1 nitrogen and oxygen atoms in total. The Morgan fingerprint density at radius 3 is 2.62 bits per heavy atom. The van der Waals surface area contributed by atoms with E-state index in [2.05, 4.69) is 12.2 Å². The van der Waals surface area contributed by atoms with Crippen LogP contribution in [-0.4, -0.2) is 6.54 Å². The summed E-state index contributed by atoms with van der Waals surface area (Å²) < 4.78 is 13.2. The highest BCUT2D eigenvalue weighted by Gasteiger charge is 2.13. The minimum atomic E-state index is -0.388. The van der Waals surface area contributed by atoms with Crippen LogP contribution in [0.5, 0.6) is 0 Å². The summed E-state index contributed by atoms with van der Waals surface area (Å²) in [5.74, 6) is -0.388. The van der Waals surface area contributed by atoms with Gasteiger partial charge in [-0.25, -0.2) is 4.39 Å². The number of benzene rings is 2. The second kappa shape index (κ2) is 7.79. The lowest BCUT2D eigenvalue weighted by Gasteiger charge is -2.19. The maximum atomic E-state index is 13.2. The van der Waals surface area contributed by atoms with Gasteiger partial charge in [0, 0.05) is 11.1 Å². The molecule has 0 aliphatic rings. The molecule has 0 saturated heterocycles. The van der Waals surface area contributed by atoms with Crippen molar-refractivity contribution >= 4 is 23.2 Å². The molecule has 0 radical (unpaired) electrons. The van der Waals surface area contributed by atoms with Crippen molar-refractivity contribution in [3.63, 3.8) is 0 Å². The van der Waals surface area contributed by atoms with E-state index < -0.39 is 0 Å². The van der Waals surface area contributed by atoms with Crippen molar-refractivity contribution in [3.05, 3.63) is 69.5 Å². The molecule has 112 valence electrons. The first-order valence-corrected chi connectivity index (χ1v) is 7.78. The molecule has 0 aliphatic carbocycles. The summed E-state index contributed by atoms with van der Waals surface area (Å²) in [5.41, 5.74) is 2.12. The molecular weight excluding hydrogens is 308 g/mol. The van der Waals surface area contributed by atoms with Gasteiger partial charge in [-0.2, -0.15) is 0 Å². The van der Waals surface area contributed by atoms with Gasteiger partial charge in [-0.3, -0.25) is 0 Å². The number of nitrogens with one attached hydrogen (secondary N) is 1. The van der Waals surface area contributed by atoms with Crippen LogP contribution < -0.4 is 5.32 Å². The van der Waals surface area contributed by atoms with Gasteiger partial charge in [0.2, 0.25) is 0 Å². The standard InChI is InChI=1S/C17H18Cl2FN/c1-2-8-21-17(13-4-3-5-14(18)11-13)10-12-6-7-16(20)15(19)9-12/h3-7,9,11,17,21H,2,8,10H2,1H3. The van der Waals surface area contributed by atoms with Crippen molar-refractivity contribution < 1.29 is 4.39 Å². The molecule has 0 fully saturated rings. The van der Waals surface area contributed by atoms with E-state index in [-0.39, 0.29) is 16.9 Å². The Balaban J connectivity index is 2.21. The van der Waals surface area contributed by atoms with Crippen LogP contribution in [0.3, 0.4) is 0 Å². The highest BCUT2D eigenvalue weighted by atomic mass is 35.5. The molecule has 0 aliphatic heterocycles. The molecule has 1 atom stereocenters. The van der Waals surface area contributed by atoms with Crippen LogP contribution in [0.15, 0.2) is 42.5 Å². The van der Waals surface area contributed by atoms with E-state index >= 15 is 0 Å². The van der Waals surface area contributed by atoms with Crippen LogP contribution in [0.1, 0.15) is 30.5 Å². The first-order chi connectivity index (χ1) is 10.1. The molecule has 2 aromatic rings. The summed E-state index contributed by atoms with van der Waals surface area (Å²) in [4.78, 5) is 0. The molecule has 0 amide bonds. The molecule has 0 spiro atoms. The molecule has 4 heteroatoms. The van der Waals surface area contributed by atoms with Crippen molar-refractivity contribution in [1.82, 2.24) is 5.32 Å². The van der Waals surface area contributed by atoms with Gasteiger partial charge < -0.3 is 5.32 Å². The fourth-order valence-electron chi connectivity index (χ4n) is 2.25. The largest absolute Gasteiger partial charge is 0.310 e. The van der Waals surface area contributed by atoms with Crippen LogP contribution in [0, 0.1) is 5.82 Å². The Morgan fingerprint density at radius 1 is 1.14 bits per heavy atom. The minimum Gasteiger partial charge on any atom is -0.310 e. The Bertz CT molecular complexity index is 601. The molecular formula is C17H18Cl2FN. The first kappa shape index (κ1) is 16.3. The zero-order valence-corrected chi connectivity index (χ0v) is 13.4. The first-order valence-electron chi connectivity index (χ1n) is 7.03. The lowest BCUT2D eigenvalue weighted by Crippen LogP contribution is -2.24. The SMILES string of the molecule is CCCNC(Cc1ccc(F)c(Cl)c1)c1cccc(Cl)c1. The molecule has 1 N–H and O–H groups in total. The summed E-state index contributed by atoms with van der Waals surface area (Å²) in [6.45, 7) is 3.03. The molecule has 1 unspecified atom stereocenters. The van der Waals surface area contributed by atoms with Gasteiger partial charge in [0.15, 0.2) is 0 Å². The predicted molar refractivity (Wildman–Crippen MR) is 87.6 cm³/mol. The third kappa shape index (κ3) is 4.70. The number of hydrogen-bond donors (Lipinski definition) is 1. The smallest absolute Gasteiger partial charge is 0.141 e. The lowest BCUT2D eigenvalue weighted by atomic mass is 9.98.